The molecular formula is C25H39N2O5S+. The van der Waals surface area contributed by atoms with Crippen LogP contribution in [-0.4, -0.2) is 52.0 Å². The molecule has 2 rings (SSSR count). The van der Waals surface area contributed by atoms with Gasteiger partial charge in [-0.05, 0) is 24.0 Å². The first-order valence-corrected chi connectivity index (χ1v) is 12.6. The summed E-state index contributed by atoms with van der Waals surface area (Å²) < 4.78 is 26.5. The zero-order valence-corrected chi connectivity index (χ0v) is 19.9. The summed E-state index contributed by atoms with van der Waals surface area (Å²) in [6.45, 7) is 2.24. The van der Waals surface area contributed by atoms with Gasteiger partial charge in [0.2, 0.25) is 0 Å². The van der Waals surface area contributed by atoms with Gasteiger partial charge >= 0.3 is 5.97 Å². The van der Waals surface area contributed by atoms with E-state index in [0.29, 0.717) is 19.4 Å². The van der Waals surface area contributed by atoms with Crippen LogP contribution in [0.4, 0.5) is 0 Å². The van der Waals surface area contributed by atoms with Crippen molar-refractivity contribution in [3.63, 3.8) is 0 Å². The molecule has 1 amide bonds. The van der Waals surface area contributed by atoms with Crippen molar-refractivity contribution in [2.45, 2.75) is 39.7 Å². The molecule has 8 heteroatoms. The van der Waals surface area contributed by atoms with E-state index in [1.807, 2.05) is 67.6 Å². The first-order chi connectivity index (χ1) is 15.1. The number of benzene rings is 2. The fourth-order valence-electron chi connectivity index (χ4n) is 2.93. The molecule has 2 aromatic carbocycles. The quantitative estimate of drug-likeness (QED) is 0.400. The van der Waals surface area contributed by atoms with Gasteiger partial charge in [-0.1, -0.05) is 75.0 Å². The normalized spacial score (nSPS) is 12.2. The van der Waals surface area contributed by atoms with Crippen LogP contribution in [0.1, 0.15) is 31.9 Å². The molecule has 0 saturated carbocycles. The van der Waals surface area contributed by atoms with Gasteiger partial charge in [-0.3, -0.25) is 9.59 Å². The molecule has 4 N–H and O–H groups in total. The van der Waals surface area contributed by atoms with Crippen molar-refractivity contribution in [1.82, 2.24) is 5.32 Å². The lowest BCUT2D eigenvalue weighted by molar-refractivity contribution is -0.403. The highest BCUT2D eigenvalue weighted by molar-refractivity contribution is 7.90. The summed E-state index contributed by atoms with van der Waals surface area (Å²) in [7, 11) is -1.54. The highest BCUT2D eigenvalue weighted by Crippen LogP contribution is 2.09. The Balaban J connectivity index is 0.000000642. The van der Waals surface area contributed by atoms with Crippen molar-refractivity contribution >= 4 is 21.7 Å². The van der Waals surface area contributed by atoms with Crippen LogP contribution in [-0.2, 0) is 37.0 Å². The van der Waals surface area contributed by atoms with Crippen molar-refractivity contribution in [3.8, 4) is 0 Å². The molecule has 0 aliphatic carbocycles. The van der Waals surface area contributed by atoms with Crippen molar-refractivity contribution in [3.05, 3.63) is 71.8 Å². The number of carbonyl (C=O) groups excluding carboxylic acids is 2. The average molecular weight is 480 g/mol. The summed E-state index contributed by atoms with van der Waals surface area (Å²) in [5.41, 5.74) is 6.06. The molecular weight excluding hydrogens is 440 g/mol. The Morgan fingerprint density at radius 2 is 1.45 bits per heavy atom. The van der Waals surface area contributed by atoms with E-state index in [1.54, 1.807) is 0 Å². The molecule has 0 aromatic heterocycles. The second-order valence-electron chi connectivity index (χ2n) is 7.78. The SMILES string of the molecule is C.COC(=O)C(C)Cc1ccccc1.CS(=O)(=O)CCCNC(=O)C([NH3+])Cc1ccccc1. The second kappa shape index (κ2) is 16.0. The summed E-state index contributed by atoms with van der Waals surface area (Å²) in [5, 5.41) is 2.71. The maximum atomic E-state index is 11.7. The molecule has 184 valence electrons. The molecule has 0 saturated heterocycles. The van der Waals surface area contributed by atoms with Gasteiger partial charge in [0.1, 0.15) is 9.84 Å². The molecule has 0 radical (unpaired) electrons. The Morgan fingerprint density at radius 1 is 0.970 bits per heavy atom. The zero-order valence-electron chi connectivity index (χ0n) is 19.1. The number of methoxy groups -OCH3 is 1. The smallest absolute Gasteiger partial charge is 0.308 e. The molecule has 7 nitrogen and oxygen atoms in total. The maximum absolute atomic E-state index is 11.7. The van der Waals surface area contributed by atoms with Gasteiger partial charge in [0.15, 0.2) is 6.04 Å². The van der Waals surface area contributed by atoms with Crippen LogP contribution in [0.5, 0.6) is 0 Å². The van der Waals surface area contributed by atoms with Gasteiger partial charge in [0.25, 0.3) is 5.91 Å². The number of ether oxygens (including phenoxy) is 1. The average Bonchev–Trinajstić information content (AvgIpc) is 2.77. The minimum Gasteiger partial charge on any atom is -0.469 e. The third-order valence-electron chi connectivity index (χ3n) is 4.68. The van der Waals surface area contributed by atoms with Crippen LogP contribution in [0.25, 0.3) is 0 Å². The topological polar surface area (TPSA) is 117 Å². The fourth-order valence-corrected chi connectivity index (χ4v) is 3.60. The summed E-state index contributed by atoms with van der Waals surface area (Å²) in [4.78, 5) is 22.8. The number of amides is 1. The van der Waals surface area contributed by atoms with E-state index in [-0.39, 0.29) is 37.0 Å². The Morgan fingerprint density at radius 3 is 1.91 bits per heavy atom. The summed E-state index contributed by atoms with van der Waals surface area (Å²) in [5.74, 6) is -0.262. The van der Waals surface area contributed by atoms with E-state index in [2.05, 4.69) is 15.8 Å². The van der Waals surface area contributed by atoms with Gasteiger partial charge in [0.05, 0.1) is 18.8 Å². The molecule has 2 atom stereocenters. The van der Waals surface area contributed by atoms with E-state index in [1.165, 1.54) is 18.9 Å². The first-order valence-electron chi connectivity index (χ1n) is 10.6. The minimum atomic E-state index is -2.96. The Hall–Kier alpha value is -2.71. The standard InChI is InChI=1S/C13H20N2O3S.C11H14O2.CH4/c1-19(17,18)9-5-8-15-13(16)12(14)10-11-6-3-2-4-7-11;1-9(11(12)13-2)8-10-6-4-3-5-7-10;/h2-4,6-7,12H,5,8-10,14H2,1H3,(H,15,16);3-7,9H,8H2,1-2H3;1H4/p+1. The van der Waals surface area contributed by atoms with E-state index in [4.69, 9.17) is 0 Å². The lowest BCUT2D eigenvalue weighted by Gasteiger charge is -2.09. The molecule has 0 heterocycles. The van der Waals surface area contributed by atoms with Crippen LogP contribution in [0, 0.1) is 5.92 Å². The number of esters is 1. The summed E-state index contributed by atoms with van der Waals surface area (Å²) in [6, 6.07) is 19.2. The lowest BCUT2D eigenvalue weighted by atomic mass is 10.0. The highest BCUT2D eigenvalue weighted by Gasteiger charge is 2.17. The van der Waals surface area contributed by atoms with Crippen LogP contribution in [0.15, 0.2) is 60.7 Å². The van der Waals surface area contributed by atoms with Crippen LogP contribution >= 0.6 is 0 Å². The third-order valence-corrected chi connectivity index (χ3v) is 5.71. The third kappa shape index (κ3) is 14.1. The van der Waals surface area contributed by atoms with Crippen molar-refractivity contribution in [2.24, 2.45) is 5.92 Å². The summed E-state index contributed by atoms with van der Waals surface area (Å²) in [6.07, 6.45) is 2.95. The van der Waals surface area contributed by atoms with E-state index >= 15 is 0 Å². The Bertz CT molecular complexity index is 918. The maximum Gasteiger partial charge on any atom is 0.308 e. The largest absolute Gasteiger partial charge is 0.469 e. The van der Waals surface area contributed by atoms with E-state index in [9.17, 15) is 18.0 Å². The van der Waals surface area contributed by atoms with Gasteiger partial charge < -0.3 is 15.8 Å². The monoisotopic (exact) mass is 479 g/mol. The number of sulfone groups is 1. The van der Waals surface area contributed by atoms with Gasteiger partial charge in [-0.15, -0.1) is 0 Å². The Labute approximate surface area is 198 Å². The number of hydrogen-bond donors (Lipinski definition) is 2. The van der Waals surface area contributed by atoms with Crippen LogP contribution in [0.2, 0.25) is 0 Å². The van der Waals surface area contributed by atoms with Crippen molar-refractivity contribution in [2.75, 3.05) is 25.7 Å². The number of nitrogens with one attached hydrogen (secondary N) is 1. The lowest BCUT2D eigenvalue weighted by Crippen LogP contribution is -2.68. The van der Waals surface area contributed by atoms with E-state index < -0.39 is 9.84 Å². The zero-order chi connectivity index (χ0) is 24.0. The van der Waals surface area contributed by atoms with Crippen molar-refractivity contribution in [1.29, 1.82) is 0 Å². The highest BCUT2D eigenvalue weighted by atomic mass is 32.2. The van der Waals surface area contributed by atoms with Crippen molar-refractivity contribution < 1.29 is 28.5 Å². The van der Waals surface area contributed by atoms with Gasteiger partial charge in [0, 0.05) is 19.2 Å². The Kier molecular flexibility index (Phi) is 14.7. The molecule has 33 heavy (non-hydrogen) atoms. The number of quaternary nitrogens is 1. The molecule has 2 aromatic rings. The second-order valence-corrected chi connectivity index (χ2v) is 10.0. The predicted octanol–water partition coefficient (Wildman–Crippen LogP) is 2.06. The van der Waals surface area contributed by atoms with Crippen LogP contribution < -0.4 is 11.1 Å². The molecule has 0 fully saturated rings. The number of carbonyl (C=O) groups is 2. The number of hydrogen-bond acceptors (Lipinski definition) is 5. The first kappa shape index (κ1) is 30.3. The van der Waals surface area contributed by atoms with Crippen LogP contribution in [0.3, 0.4) is 0 Å². The molecule has 0 spiro atoms. The minimum absolute atomic E-state index is 0. The van der Waals surface area contributed by atoms with E-state index in [0.717, 1.165) is 12.0 Å². The molecule has 2 unspecified atom stereocenters. The number of rotatable bonds is 10. The fraction of sp³-hybridized carbons (Fsp3) is 0.440. The summed E-state index contributed by atoms with van der Waals surface area (Å²) >= 11 is 0. The molecule has 0 aliphatic rings. The predicted molar refractivity (Wildman–Crippen MR) is 132 cm³/mol. The van der Waals surface area contributed by atoms with Gasteiger partial charge in [-0.2, -0.15) is 0 Å². The van der Waals surface area contributed by atoms with Gasteiger partial charge in [-0.25, -0.2) is 8.42 Å². The molecule has 0 bridgehead atoms. The molecule has 0 aliphatic heterocycles.